The molecule has 0 N–H and O–H groups in total. The second-order valence-electron chi connectivity index (χ2n) is 8.76. The Balaban J connectivity index is 1.96. The summed E-state index contributed by atoms with van der Waals surface area (Å²) in [5.41, 5.74) is -2.64. The zero-order chi connectivity index (χ0) is 19.3. The Labute approximate surface area is 155 Å². The number of methoxy groups -OCH3 is 1. The molecule has 0 aliphatic carbocycles. The number of carbonyl (C=O) groups excluding carboxylic acids is 2. The van der Waals surface area contributed by atoms with E-state index in [2.05, 4.69) is 6.92 Å². The number of rotatable bonds is 5. The molecule has 3 fully saturated rings. The Hall–Kier alpha value is -1.18. The first-order valence-electron chi connectivity index (χ1n) is 9.46. The molecule has 1 amide bonds. The van der Waals surface area contributed by atoms with E-state index in [1.165, 1.54) is 7.11 Å². The molecule has 1 unspecified atom stereocenters. The molecule has 0 aromatic rings. The van der Waals surface area contributed by atoms with Crippen molar-refractivity contribution in [2.24, 2.45) is 11.3 Å². The molecule has 0 spiro atoms. The van der Waals surface area contributed by atoms with Gasteiger partial charge in [-0.15, -0.1) is 0 Å². The van der Waals surface area contributed by atoms with E-state index in [1.807, 2.05) is 27.7 Å². The number of carbonyl (C=O) groups is 2. The van der Waals surface area contributed by atoms with E-state index in [1.54, 1.807) is 4.90 Å². The highest BCUT2D eigenvalue weighted by Crippen LogP contribution is 2.58. The number of esters is 1. The van der Waals surface area contributed by atoms with Crippen LogP contribution in [0.15, 0.2) is 0 Å². The molecule has 0 bridgehead atoms. The summed E-state index contributed by atoms with van der Waals surface area (Å²) in [5.74, 6) is -1.05. The van der Waals surface area contributed by atoms with Gasteiger partial charge in [-0.25, -0.2) is 4.79 Å². The standard InChI is InChI=1S/C19H31NO6/c1-7-8-9-24-13-10-12-14(21)20-15(17(2,3)4)25-11-19(20,16(22)23-6)18(12,5)26-13/h12-13,15H,7-11H2,1-6H3/t12-,13?,15-,18-,19+/m0/s1. The van der Waals surface area contributed by atoms with Gasteiger partial charge in [0.1, 0.15) is 11.8 Å². The van der Waals surface area contributed by atoms with E-state index in [0.29, 0.717) is 13.0 Å². The molecule has 0 radical (unpaired) electrons. The molecule has 5 atom stereocenters. The molecule has 7 heteroatoms. The van der Waals surface area contributed by atoms with Gasteiger partial charge in [0.2, 0.25) is 5.91 Å². The SMILES string of the molecule is CCCCOC1C[C@H]2C(=O)N3[C@H](C(C)(C)C)OC[C@@]3(C(=O)OC)[C@@]2(C)O1. The number of nitrogens with zero attached hydrogens (tertiary/aromatic N) is 1. The van der Waals surface area contributed by atoms with E-state index in [4.69, 9.17) is 18.9 Å². The number of hydrogen-bond donors (Lipinski definition) is 0. The van der Waals surface area contributed by atoms with Crippen molar-refractivity contribution in [1.29, 1.82) is 0 Å². The van der Waals surface area contributed by atoms with E-state index >= 15 is 0 Å². The summed E-state index contributed by atoms with van der Waals surface area (Å²) in [5, 5.41) is 0. The molecule has 3 heterocycles. The van der Waals surface area contributed by atoms with Crippen LogP contribution in [0.5, 0.6) is 0 Å². The maximum absolute atomic E-state index is 13.3. The van der Waals surface area contributed by atoms with Crippen molar-refractivity contribution in [2.45, 2.75) is 77.5 Å². The molecule has 0 saturated carbocycles. The second-order valence-corrected chi connectivity index (χ2v) is 8.76. The van der Waals surface area contributed by atoms with Gasteiger partial charge in [-0.1, -0.05) is 34.1 Å². The molecule has 3 aliphatic rings. The van der Waals surface area contributed by atoms with Gasteiger partial charge < -0.3 is 18.9 Å². The fourth-order valence-corrected chi connectivity index (χ4v) is 4.57. The first-order valence-corrected chi connectivity index (χ1v) is 9.46. The van der Waals surface area contributed by atoms with Gasteiger partial charge in [0.05, 0.1) is 19.6 Å². The lowest BCUT2D eigenvalue weighted by Crippen LogP contribution is -2.64. The minimum Gasteiger partial charge on any atom is -0.467 e. The third-order valence-electron chi connectivity index (χ3n) is 5.99. The maximum atomic E-state index is 13.3. The van der Waals surface area contributed by atoms with Crippen LogP contribution >= 0.6 is 0 Å². The van der Waals surface area contributed by atoms with Gasteiger partial charge in [0.25, 0.3) is 0 Å². The van der Waals surface area contributed by atoms with Crippen molar-refractivity contribution < 1.29 is 28.5 Å². The Morgan fingerprint density at radius 3 is 2.65 bits per heavy atom. The van der Waals surface area contributed by atoms with Gasteiger partial charge >= 0.3 is 5.97 Å². The predicted octanol–water partition coefficient (Wildman–Crippen LogP) is 2.08. The van der Waals surface area contributed by atoms with E-state index < -0.39 is 35.5 Å². The van der Waals surface area contributed by atoms with Crippen LogP contribution in [-0.2, 0) is 28.5 Å². The fraction of sp³-hybridized carbons (Fsp3) is 0.895. The lowest BCUT2D eigenvalue weighted by molar-refractivity contribution is -0.204. The molecular formula is C19H31NO6. The monoisotopic (exact) mass is 369 g/mol. The molecule has 148 valence electrons. The number of ether oxygens (including phenoxy) is 4. The zero-order valence-electron chi connectivity index (χ0n) is 16.7. The molecule has 26 heavy (non-hydrogen) atoms. The quantitative estimate of drug-likeness (QED) is 0.546. The summed E-state index contributed by atoms with van der Waals surface area (Å²) >= 11 is 0. The van der Waals surface area contributed by atoms with Crippen LogP contribution in [0.2, 0.25) is 0 Å². The van der Waals surface area contributed by atoms with Crippen molar-refractivity contribution in [2.75, 3.05) is 20.3 Å². The average Bonchev–Trinajstić information content (AvgIpc) is 3.17. The van der Waals surface area contributed by atoms with Crippen LogP contribution in [0.1, 0.15) is 53.9 Å². The van der Waals surface area contributed by atoms with Crippen molar-refractivity contribution in [1.82, 2.24) is 4.90 Å². The van der Waals surface area contributed by atoms with Crippen LogP contribution < -0.4 is 0 Å². The maximum Gasteiger partial charge on any atom is 0.337 e. The van der Waals surface area contributed by atoms with Crippen molar-refractivity contribution in [3.63, 3.8) is 0 Å². The van der Waals surface area contributed by atoms with Crippen LogP contribution in [-0.4, -0.2) is 60.8 Å². The van der Waals surface area contributed by atoms with Gasteiger partial charge in [-0.3, -0.25) is 9.69 Å². The number of hydrogen-bond acceptors (Lipinski definition) is 6. The molecule has 3 saturated heterocycles. The van der Waals surface area contributed by atoms with Gasteiger partial charge in [-0.05, 0) is 13.3 Å². The lowest BCUT2D eigenvalue weighted by atomic mass is 9.77. The molecular weight excluding hydrogens is 338 g/mol. The highest BCUT2D eigenvalue weighted by atomic mass is 16.7. The summed E-state index contributed by atoms with van der Waals surface area (Å²) in [4.78, 5) is 27.9. The van der Waals surface area contributed by atoms with Gasteiger partial charge in [-0.2, -0.15) is 0 Å². The molecule has 0 aromatic heterocycles. The Kier molecular flexibility index (Phi) is 4.86. The Morgan fingerprint density at radius 2 is 2.08 bits per heavy atom. The topological polar surface area (TPSA) is 74.3 Å². The Bertz CT molecular complexity index is 587. The molecule has 0 aromatic carbocycles. The van der Waals surface area contributed by atoms with Gasteiger partial charge in [0, 0.05) is 18.4 Å². The number of amides is 1. The zero-order valence-corrected chi connectivity index (χ0v) is 16.7. The average molecular weight is 369 g/mol. The molecule has 3 rings (SSSR count). The second kappa shape index (κ2) is 6.46. The van der Waals surface area contributed by atoms with E-state index in [-0.39, 0.29) is 17.9 Å². The third-order valence-corrected chi connectivity index (χ3v) is 5.99. The number of unbranched alkanes of at least 4 members (excludes halogenated alkanes) is 1. The lowest BCUT2D eigenvalue weighted by Gasteiger charge is -2.41. The summed E-state index contributed by atoms with van der Waals surface area (Å²) < 4.78 is 23.1. The van der Waals surface area contributed by atoms with Crippen LogP contribution in [0.25, 0.3) is 0 Å². The minimum absolute atomic E-state index is 0.0715. The van der Waals surface area contributed by atoms with Gasteiger partial charge in [0.15, 0.2) is 11.8 Å². The largest absolute Gasteiger partial charge is 0.467 e. The van der Waals surface area contributed by atoms with Crippen molar-refractivity contribution in [3.05, 3.63) is 0 Å². The summed E-state index contributed by atoms with van der Waals surface area (Å²) in [6.07, 6.45) is 1.41. The first kappa shape index (κ1) is 19.6. The van der Waals surface area contributed by atoms with Crippen molar-refractivity contribution in [3.8, 4) is 0 Å². The highest BCUT2D eigenvalue weighted by Gasteiger charge is 2.79. The van der Waals surface area contributed by atoms with Crippen LogP contribution in [0, 0.1) is 11.3 Å². The normalized spacial score (nSPS) is 39.2. The smallest absolute Gasteiger partial charge is 0.337 e. The van der Waals surface area contributed by atoms with E-state index in [9.17, 15) is 9.59 Å². The first-order chi connectivity index (χ1) is 12.1. The van der Waals surface area contributed by atoms with Crippen LogP contribution in [0.3, 0.4) is 0 Å². The summed E-state index contributed by atoms with van der Waals surface area (Å²) in [7, 11) is 1.34. The number of fused-ring (bicyclic) bond motifs is 3. The highest BCUT2D eigenvalue weighted by molar-refractivity contribution is 5.97. The predicted molar refractivity (Wildman–Crippen MR) is 93.0 cm³/mol. The van der Waals surface area contributed by atoms with Crippen molar-refractivity contribution >= 4 is 11.9 Å². The third kappa shape index (κ3) is 2.51. The molecule has 7 nitrogen and oxygen atoms in total. The van der Waals surface area contributed by atoms with Crippen LogP contribution in [0.4, 0.5) is 0 Å². The minimum atomic E-state index is -1.27. The summed E-state index contributed by atoms with van der Waals surface area (Å²) in [6.45, 7) is 10.5. The summed E-state index contributed by atoms with van der Waals surface area (Å²) in [6, 6.07) is 0. The Morgan fingerprint density at radius 1 is 1.38 bits per heavy atom. The van der Waals surface area contributed by atoms with E-state index in [0.717, 1.165) is 12.8 Å². The molecule has 3 aliphatic heterocycles. The fourth-order valence-electron chi connectivity index (χ4n) is 4.57.